The molecule has 28 heavy (non-hydrogen) atoms. The largest absolute Gasteiger partial charge is 0.495 e. The summed E-state index contributed by atoms with van der Waals surface area (Å²) in [6.45, 7) is 0.251. The average molecular weight is 394 g/mol. The third-order valence-corrected chi connectivity index (χ3v) is 4.03. The number of hydrogen-bond donors (Lipinski definition) is 2. The standard InChI is InChI=1S/C18H17F3N4O3/c1-28-13-7-11(8-22-9-13)16-17(23-6-2-3-15(26)27)25-10-12(18(19,20)21)4-5-14(25)24-16/h4-5,7-10,23H,2-3,6H2,1H3,(H,26,27). The zero-order chi connectivity index (χ0) is 20.3. The Balaban J connectivity index is 2.07. The zero-order valence-electron chi connectivity index (χ0n) is 14.8. The van der Waals surface area contributed by atoms with Crippen LogP contribution < -0.4 is 10.1 Å². The van der Waals surface area contributed by atoms with Crippen molar-refractivity contribution >= 4 is 17.4 Å². The van der Waals surface area contributed by atoms with E-state index >= 15 is 0 Å². The van der Waals surface area contributed by atoms with E-state index in [0.717, 1.165) is 12.3 Å². The van der Waals surface area contributed by atoms with Crippen LogP contribution in [0.4, 0.5) is 19.0 Å². The molecule has 3 aromatic heterocycles. The van der Waals surface area contributed by atoms with Gasteiger partial charge in [0.2, 0.25) is 0 Å². The van der Waals surface area contributed by atoms with E-state index in [-0.39, 0.29) is 13.0 Å². The van der Waals surface area contributed by atoms with E-state index in [2.05, 4.69) is 15.3 Å². The number of aliphatic carboxylic acids is 1. The number of carboxylic acids is 1. The summed E-state index contributed by atoms with van der Waals surface area (Å²) in [5.74, 6) is -0.152. The molecule has 3 aromatic rings. The number of carbonyl (C=O) groups is 1. The fourth-order valence-corrected chi connectivity index (χ4v) is 2.69. The molecule has 0 bridgehead atoms. The van der Waals surface area contributed by atoms with Gasteiger partial charge < -0.3 is 15.2 Å². The van der Waals surface area contributed by atoms with Gasteiger partial charge in [0.15, 0.2) is 0 Å². The average Bonchev–Trinajstić information content (AvgIpc) is 3.02. The number of halogens is 3. The number of rotatable bonds is 7. The lowest BCUT2D eigenvalue weighted by Crippen LogP contribution is -2.09. The van der Waals surface area contributed by atoms with Crippen LogP contribution in [0.25, 0.3) is 16.9 Å². The minimum Gasteiger partial charge on any atom is -0.495 e. The topological polar surface area (TPSA) is 88.8 Å². The quantitative estimate of drug-likeness (QED) is 0.594. The molecule has 0 unspecified atom stereocenters. The summed E-state index contributed by atoms with van der Waals surface area (Å²) in [4.78, 5) is 19.2. The van der Waals surface area contributed by atoms with E-state index in [0.29, 0.717) is 34.9 Å². The Morgan fingerprint density at radius 1 is 1.32 bits per heavy atom. The van der Waals surface area contributed by atoms with Crippen molar-refractivity contribution < 1.29 is 27.8 Å². The minimum absolute atomic E-state index is 0.0619. The van der Waals surface area contributed by atoms with E-state index in [1.807, 2.05) is 0 Å². The SMILES string of the molecule is COc1cncc(-c2nc3ccc(C(F)(F)F)cn3c2NCCCC(=O)O)c1. The normalized spacial score (nSPS) is 11.6. The van der Waals surface area contributed by atoms with Crippen LogP contribution in [0.1, 0.15) is 18.4 Å². The summed E-state index contributed by atoms with van der Waals surface area (Å²) in [6, 6.07) is 3.91. The molecular formula is C18H17F3N4O3. The molecule has 7 nitrogen and oxygen atoms in total. The Hall–Kier alpha value is -3.30. The molecule has 0 spiro atoms. The highest BCUT2D eigenvalue weighted by molar-refractivity contribution is 5.77. The van der Waals surface area contributed by atoms with Crippen molar-refractivity contribution in [1.82, 2.24) is 14.4 Å². The Labute approximate surface area is 157 Å². The van der Waals surface area contributed by atoms with Crippen LogP contribution in [0, 0.1) is 0 Å². The fraction of sp³-hybridized carbons (Fsp3) is 0.278. The van der Waals surface area contributed by atoms with E-state index in [1.54, 1.807) is 6.07 Å². The maximum absolute atomic E-state index is 13.1. The minimum atomic E-state index is -4.50. The maximum Gasteiger partial charge on any atom is 0.417 e. The highest BCUT2D eigenvalue weighted by Gasteiger charge is 2.31. The number of fused-ring (bicyclic) bond motifs is 1. The van der Waals surface area contributed by atoms with Crippen LogP contribution in [-0.2, 0) is 11.0 Å². The maximum atomic E-state index is 13.1. The Kier molecular flexibility index (Phi) is 5.39. The Bertz CT molecular complexity index is 1000. The van der Waals surface area contributed by atoms with Crippen LogP contribution in [0.5, 0.6) is 5.75 Å². The van der Waals surface area contributed by atoms with Gasteiger partial charge in [-0.3, -0.25) is 14.2 Å². The lowest BCUT2D eigenvalue weighted by atomic mass is 10.2. The summed E-state index contributed by atoms with van der Waals surface area (Å²) in [5.41, 5.74) is 0.436. The summed E-state index contributed by atoms with van der Waals surface area (Å²) < 4.78 is 45.8. The molecule has 3 heterocycles. The van der Waals surface area contributed by atoms with Gasteiger partial charge in [-0.1, -0.05) is 0 Å². The first-order valence-electron chi connectivity index (χ1n) is 8.34. The number of imidazole rings is 1. The van der Waals surface area contributed by atoms with Gasteiger partial charge in [-0.2, -0.15) is 13.2 Å². The van der Waals surface area contributed by atoms with E-state index in [1.165, 1.54) is 30.0 Å². The van der Waals surface area contributed by atoms with Gasteiger partial charge >= 0.3 is 12.1 Å². The molecule has 2 N–H and O–H groups in total. The molecule has 0 aliphatic heterocycles. The summed E-state index contributed by atoms with van der Waals surface area (Å²) >= 11 is 0. The lowest BCUT2D eigenvalue weighted by Gasteiger charge is -2.11. The van der Waals surface area contributed by atoms with Gasteiger partial charge in [-0.05, 0) is 24.6 Å². The van der Waals surface area contributed by atoms with Crippen LogP contribution >= 0.6 is 0 Å². The second-order valence-corrected chi connectivity index (χ2v) is 5.99. The first kappa shape index (κ1) is 19.5. The number of carboxylic acid groups (broad SMARTS) is 1. The van der Waals surface area contributed by atoms with Crippen molar-refractivity contribution in [3.63, 3.8) is 0 Å². The Morgan fingerprint density at radius 3 is 2.79 bits per heavy atom. The third kappa shape index (κ3) is 4.16. The number of alkyl halides is 3. The molecule has 0 aromatic carbocycles. The number of nitrogens with one attached hydrogen (secondary N) is 1. The van der Waals surface area contributed by atoms with Crippen molar-refractivity contribution in [3.05, 3.63) is 42.4 Å². The smallest absolute Gasteiger partial charge is 0.417 e. The second kappa shape index (κ2) is 7.75. The molecule has 148 valence electrons. The van der Waals surface area contributed by atoms with Crippen molar-refractivity contribution in [2.24, 2.45) is 0 Å². The predicted octanol–water partition coefficient (Wildman–Crippen LogP) is 3.70. The van der Waals surface area contributed by atoms with Crippen molar-refractivity contribution in [2.45, 2.75) is 19.0 Å². The molecule has 0 radical (unpaired) electrons. The van der Waals surface area contributed by atoms with Crippen LogP contribution in [0.15, 0.2) is 36.8 Å². The van der Waals surface area contributed by atoms with Gasteiger partial charge in [0.05, 0.1) is 18.9 Å². The number of hydrogen-bond acceptors (Lipinski definition) is 5. The van der Waals surface area contributed by atoms with Gasteiger partial charge in [-0.15, -0.1) is 0 Å². The van der Waals surface area contributed by atoms with Crippen molar-refractivity contribution in [2.75, 3.05) is 19.0 Å². The van der Waals surface area contributed by atoms with Crippen molar-refractivity contribution in [3.8, 4) is 17.0 Å². The molecule has 10 heteroatoms. The summed E-state index contributed by atoms with van der Waals surface area (Å²) in [6.07, 6.45) is -0.279. The molecule has 0 aliphatic rings. The molecule has 0 saturated heterocycles. The highest BCUT2D eigenvalue weighted by Crippen LogP contribution is 2.34. The first-order chi connectivity index (χ1) is 13.3. The summed E-state index contributed by atoms with van der Waals surface area (Å²) in [5, 5.41) is 11.8. The number of ether oxygens (including phenoxy) is 1. The third-order valence-electron chi connectivity index (χ3n) is 4.03. The highest BCUT2D eigenvalue weighted by atomic mass is 19.4. The van der Waals surface area contributed by atoms with Gasteiger partial charge in [0.25, 0.3) is 0 Å². The molecular weight excluding hydrogens is 377 g/mol. The van der Waals surface area contributed by atoms with E-state index in [4.69, 9.17) is 9.84 Å². The summed E-state index contributed by atoms with van der Waals surface area (Å²) in [7, 11) is 1.48. The van der Waals surface area contributed by atoms with Crippen molar-refractivity contribution in [1.29, 1.82) is 0 Å². The van der Waals surface area contributed by atoms with Crippen LogP contribution in [0.2, 0.25) is 0 Å². The molecule has 0 saturated carbocycles. The number of anilines is 1. The van der Waals surface area contributed by atoms with Crippen LogP contribution in [0.3, 0.4) is 0 Å². The second-order valence-electron chi connectivity index (χ2n) is 5.99. The molecule has 0 fully saturated rings. The van der Waals surface area contributed by atoms with Gasteiger partial charge in [0.1, 0.15) is 22.9 Å². The van der Waals surface area contributed by atoms with E-state index in [9.17, 15) is 18.0 Å². The molecule has 0 amide bonds. The van der Waals surface area contributed by atoms with Crippen LogP contribution in [-0.4, -0.2) is 39.1 Å². The number of nitrogens with zero attached hydrogens (tertiary/aromatic N) is 3. The predicted molar refractivity (Wildman–Crippen MR) is 95.3 cm³/mol. The molecule has 3 rings (SSSR count). The molecule has 0 atom stereocenters. The van der Waals surface area contributed by atoms with E-state index < -0.39 is 17.7 Å². The molecule has 0 aliphatic carbocycles. The number of aromatic nitrogens is 3. The van der Waals surface area contributed by atoms with Gasteiger partial charge in [0, 0.05) is 30.9 Å². The van der Waals surface area contributed by atoms with Gasteiger partial charge in [-0.25, -0.2) is 4.98 Å². The number of methoxy groups -OCH3 is 1. The monoisotopic (exact) mass is 394 g/mol. The fourth-order valence-electron chi connectivity index (χ4n) is 2.69. The Morgan fingerprint density at radius 2 is 2.11 bits per heavy atom. The first-order valence-corrected chi connectivity index (χ1v) is 8.34. The number of pyridine rings is 2. The zero-order valence-corrected chi connectivity index (χ0v) is 14.8. The lowest BCUT2D eigenvalue weighted by molar-refractivity contribution is -0.138.